The van der Waals surface area contributed by atoms with Gasteiger partial charge in [0.25, 0.3) is 0 Å². The first kappa shape index (κ1) is 44.7. The highest BCUT2D eigenvalue weighted by Crippen LogP contribution is 2.50. The van der Waals surface area contributed by atoms with Gasteiger partial charge in [0.2, 0.25) is 0 Å². The van der Waals surface area contributed by atoms with Gasteiger partial charge in [0.15, 0.2) is 23.3 Å². The van der Waals surface area contributed by atoms with Crippen molar-refractivity contribution in [1.82, 2.24) is 0 Å². The lowest BCUT2D eigenvalue weighted by molar-refractivity contribution is -0.0937. The topological polar surface area (TPSA) is 9.23 Å². The van der Waals surface area contributed by atoms with Crippen molar-refractivity contribution < 1.29 is 22.3 Å². The van der Waals surface area contributed by atoms with E-state index in [1.807, 2.05) is 0 Å². The first-order valence-electron chi connectivity index (χ1n) is 24.4. The number of hydrogen-bond donors (Lipinski definition) is 0. The molecular weight excluding hydrogens is 717 g/mol. The second-order valence-corrected chi connectivity index (χ2v) is 19.6. The lowest BCUT2D eigenvalue weighted by Crippen LogP contribution is -2.31. The molecule has 0 saturated heterocycles. The Hall–Kier alpha value is -1.88. The fourth-order valence-electron chi connectivity index (χ4n) is 12.3. The third-order valence-electron chi connectivity index (χ3n) is 15.9. The van der Waals surface area contributed by atoms with Crippen LogP contribution in [0.25, 0.3) is 0 Å². The highest BCUT2D eigenvalue weighted by molar-refractivity contribution is 5.24. The van der Waals surface area contributed by atoms with Crippen LogP contribution in [0.15, 0.2) is 36.4 Å². The lowest BCUT2D eigenvalue weighted by atomic mass is 9.67. The van der Waals surface area contributed by atoms with Gasteiger partial charge in [-0.25, -0.2) is 17.6 Å². The van der Waals surface area contributed by atoms with Gasteiger partial charge in [-0.2, -0.15) is 0 Å². The normalized spacial score (nSPS) is 29.6. The minimum absolute atomic E-state index is 0.163. The highest BCUT2D eigenvalue weighted by Gasteiger charge is 2.39. The maximum atomic E-state index is 14.9. The summed E-state index contributed by atoms with van der Waals surface area (Å²) in [7, 11) is 0. The van der Waals surface area contributed by atoms with Crippen molar-refractivity contribution in [2.24, 2.45) is 47.3 Å². The van der Waals surface area contributed by atoms with Gasteiger partial charge in [0.1, 0.15) is 0 Å². The Kier molecular flexibility index (Phi) is 18.2. The molecule has 0 amide bonds. The van der Waals surface area contributed by atoms with Crippen LogP contribution in [0, 0.1) is 70.6 Å². The fraction of sp³-hybridized carbons (Fsp3) is 0.769. The van der Waals surface area contributed by atoms with Crippen molar-refractivity contribution in [3.8, 4) is 0 Å². The van der Waals surface area contributed by atoms with Crippen molar-refractivity contribution in [3.05, 3.63) is 70.8 Å². The maximum absolute atomic E-state index is 14.9. The molecule has 4 saturated carbocycles. The molecule has 0 bridgehead atoms. The largest absolute Gasteiger partial charge is 0.365 e. The number of hydrogen-bond acceptors (Lipinski definition) is 1. The first-order valence-corrected chi connectivity index (χ1v) is 24.4. The molecule has 0 radical (unpaired) electrons. The highest BCUT2D eigenvalue weighted by atomic mass is 19.2. The molecule has 4 aliphatic rings. The molecule has 6 rings (SSSR count). The number of rotatable bonds is 20. The summed E-state index contributed by atoms with van der Waals surface area (Å²) in [5, 5.41) is 0. The molecule has 0 aromatic heterocycles. The molecule has 5 heteroatoms. The molecule has 2 aromatic carbocycles. The van der Waals surface area contributed by atoms with Gasteiger partial charge in [-0.15, -0.1) is 0 Å². The van der Waals surface area contributed by atoms with Crippen LogP contribution in [-0.2, 0) is 4.74 Å². The minimum atomic E-state index is -0.854. The van der Waals surface area contributed by atoms with Gasteiger partial charge in [-0.05, 0) is 160 Å². The van der Waals surface area contributed by atoms with Crippen LogP contribution >= 0.6 is 0 Å². The van der Waals surface area contributed by atoms with Crippen LogP contribution in [0.1, 0.15) is 217 Å². The molecule has 320 valence electrons. The second-order valence-electron chi connectivity index (χ2n) is 19.6. The minimum Gasteiger partial charge on any atom is -0.365 e. The standard InChI is InChI=1S/C52H78F4O/c1-3-5-7-9-11-13-37-15-19-39(20-16-37)41-23-27-43(28-24-41)51(45-31-33-47(53)49(55)35-45)57-52(46-32-34-48(54)50(56)36-46)44-29-25-42(26-30-44)40-21-17-38(18-22-40)14-12-10-8-6-4-2/h31-44,51-52H,3-30H2,1-2H3/t37-,38-,39-,40-,41-,42-,43-,44-,51?,52?. The van der Waals surface area contributed by atoms with E-state index in [1.165, 1.54) is 153 Å². The summed E-state index contributed by atoms with van der Waals surface area (Å²) in [6.07, 6.45) is 35.0. The van der Waals surface area contributed by atoms with Crippen LogP contribution in [0.3, 0.4) is 0 Å². The monoisotopic (exact) mass is 795 g/mol. The third-order valence-corrected chi connectivity index (χ3v) is 15.9. The van der Waals surface area contributed by atoms with Crippen LogP contribution in [0.5, 0.6) is 0 Å². The van der Waals surface area contributed by atoms with E-state index in [4.69, 9.17) is 4.74 Å². The van der Waals surface area contributed by atoms with Crippen molar-refractivity contribution in [2.75, 3.05) is 0 Å². The maximum Gasteiger partial charge on any atom is 0.159 e. The molecule has 0 spiro atoms. The lowest BCUT2D eigenvalue weighted by Gasteiger charge is -2.43. The molecule has 0 N–H and O–H groups in total. The average molecular weight is 795 g/mol. The van der Waals surface area contributed by atoms with E-state index in [0.717, 1.165) is 86.9 Å². The molecule has 2 atom stereocenters. The summed E-state index contributed by atoms with van der Waals surface area (Å²) in [5.41, 5.74) is 1.33. The molecule has 4 fully saturated rings. The Balaban J connectivity index is 1.08. The Bertz CT molecular complexity index is 1320. The van der Waals surface area contributed by atoms with Crippen molar-refractivity contribution in [2.45, 2.75) is 206 Å². The Labute approximate surface area is 345 Å². The summed E-state index contributed by atoms with van der Waals surface area (Å²) in [6.45, 7) is 4.56. The molecule has 0 aliphatic heterocycles. The average Bonchev–Trinajstić information content (AvgIpc) is 3.24. The van der Waals surface area contributed by atoms with Gasteiger partial charge in [-0.3, -0.25) is 0 Å². The third kappa shape index (κ3) is 13.1. The Morgan fingerprint density at radius 2 is 0.754 bits per heavy atom. The zero-order valence-electron chi connectivity index (χ0n) is 36.0. The SMILES string of the molecule is CCCCCCC[C@H]1CC[C@H]([C@H]2CC[C@H](C(OC(c3ccc(F)c(F)c3)[C@H]3CC[C@H]([C@H]4CC[C@H](CCCCCCC)CC4)CC3)c3ccc(F)c(F)c3)CC2)CC1. The van der Waals surface area contributed by atoms with Gasteiger partial charge < -0.3 is 4.74 Å². The van der Waals surface area contributed by atoms with Gasteiger partial charge in [0, 0.05) is 0 Å². The zero-order chi connectivity index (χ0) is 40.0. The van der Waals surface area contributed by atoms with E-state index >= 15 is 0 Å². The van der Waals surface area contributed by atoms with E-state index < -0.39 is 35.5 Å². The molecule has 2 unspecified atom stereocenters. The summed E-state index contributed by atoms with van der Waals surface area (Å²) in [4.78, 5) is 0. The smallest absolute Gasteiger partial charge is 0.159 e. The van der Waals surface area contributed by atoms with E-state index in [1.54, 1.807) is 12.1 Å². The van der Waals surface area contributed by atoms with Crippen LogP contribution in [-0.4, -0.2) is 0 Å². The molecule has 57 heavy (non-hydrogen) atoms. The fourth-order valence-corrected chi connectivity index (χ4v) is 12.3. The van der Waals surface area contributed by atoms with Crippen molar-refractivity contribution in [1.29, 1.82) is 0 Å². The predicted octanol–water partition coefficient (Wildman–Crippen LogP) is 17.0. The summed E-state index contributed by atoms with van der Waals surface area (Å²) >= 11 is 0. The van der Waals surface area contributed by atoms with Gasteiger partial charge in [0.05, 0.1) is 12.2 Å². The van der Waals surface area contributed by atoms with Crippen LogP contribution in [0.4, 0.5) is 17.6 Å². The quantitative estimate of drug-likeness (QED) is 0.0958. The summed E-state index contributed by atoms with van der Waals surface area (Å²) in [5.74, 6) is 1.74. The van der Waals surface area contributed by atoms with Crippen molar-refractivity contribution >= 4 is 0 Å². The van der Waals surface area contributed by atoms with E-state index in [0.29, 0.717) is 11.1 Å². The van der Waals surface area contributed by atoms with Crippen molar-refractivity contribution in [3.63, 3.8) is 0 Å². The Morgan fingerprint density at radius 3 is 1.09 bits per heavy atom. The number of ether oxygens (including phenoxy) is 1. The predicted molar refractivity (Wildman–Crippen MR) is 228 cm³/mol. The van der Waals surface area contributed by atoms with E-state index in [2.05, 4.69) is 13.8 Å². The van der Waals surface area contributed by atoms with E-state index in [-0.39, 0.29) is 11.8 Å². The van der Waals surface area contributed by atoms with Gasteiger partial charge in [-0.1, -0.05) is 129 Å². The summed E-state index contributed by atoms with van der Waals surface area (Å²) < 4.78 is 65.7. The summed E-state index contributed by atoms with van der Waals surface area (Å²) in [6, 6.07) is 8.51. The van der Waals surface area contributed by atoms with E-state index in [9.17, 15) is 17.6 Å². The molecular formula is C52H78F4O. The molecule has 2 aromatic rings. The molecule has 1 nitrogen and oxygen atoms in total. The molecule has 4 aliphatic carbocycles. The van der Waals surface area contributed by atoms with Crippen LogP contribution in [0.2, 0.25) is 0 Å². The van der Waals surface area contributed by atoms with Gasteiger partial charge >= 0.3 is 0 Å². The zero-order valence-corrected chi connectivity index (χ0v) is 36.0. The Morgan fingerprint density at radius 1 is 0.421 bits per heavy atom. The number of unbranched alkanes of at least 4 members (excludes halogenated alkanes) is 8. The molecule has 0 heterocycles. The first-order chi connectivity index (χ1) is 27.8. The second kappa shape index (κ2) is 23.2. The number of benzene rings is 2. The van der Waals surface area contributed by atoms with Crippen LogP contribution < -0.4 is 0 Å². The number of halogens is 4.